The number of carbonyl (C=O) groups excluding carboxylic acids is 1. The van der Waals surface area contributed by atoms with Crippen molar-refractivity contribution < 1.29 is 28.7 Å². The van der Waals surface area contributed by atoms with Gasteiger partial charge in [0.25, 0.3) is 0 Å². The number of carboxylic acid groups (broad SMARTS) is 1. The maximum absolute atomic E-state index is 12.8. The first-order valence-corrected chi connectivity index (χ1v) is 9.96. The molecule has 9 heteroatoms. The summed E-state index contributed by atoms with van der Waals surface area (Å²) in [6.07, 6.45) is 1.74. The second-order valence-electron chi connectivity index (χ2n) is 9.19. The van der Waals surface area contributed by atoms with E-state index < -0.39 is 17.6 Å². The van der Waals surface area contributed by atoms with Gasteiger partial charge in [-0.1, -0.05) is 6.42 Å². The van der Waals surface area contributed by atoms with Crippen LogP contribution < -0.4 is 0 Å². The Morgan fingerprint density at radius 3 is 2.25 bits per heavy atom. The van der Waals surface area contributed by atoms with E-state index in [1.165, 1.54) is 12.0 Å². The Labute approximate surface area is 168 Å². The lowest BCUT2D eigenvalue weighted by Gasteiger charge is -2.40. The molecule has 0 saturated carbocycles. The van der Waals surface area contributed by atoms with Gasteiger partial charge in [-0.25, -0.2) is 9.59 Å². The molecule has 2 unspecified atom stereocenters. The van der Waals surface area contributed by atoms with Crippen molar-refractivity contribution in [2.45, 2.75) is 70.0 Å². The molecule has 2 saturated heterocycles. The van der Waals surface area contributed by atoms with Gasteiger partial charge >= 0.3 is 19.2 Å². The molecule has 0 bridgehead atoms. The van der Waals surface area contributed by atoms with Crippen LogP contribution in [0.2, 0.25) is 6.32 Å². The van der Waals surface area contributed by atoms with Crippen molar-refractivity contribution in [1.82, 2.24) is 9.80 Å². The molecular weight excluding hydrogens is 363 g/mol. The van der Waals surface area contributed by atoms with E-state index in [9.17, 15) is 14.7 Å². The van der Waals surface area contributed by atoms with Gasteiger partial charge in [-0.05, 0) is 66.9 Å². The number of ether oxygens (including phenoxy) is 1. The second-order valence-corrected chi connectivity index (χ2v) is 9.19. The number of amides is 1. The zero-order valence-corrected chi connectivity index (χ0v) is 18.3. The summed E-state index contributed by atoms with van der Waals surface area (Å²) in [4.78, 5) is 27.7. The molecule has 0 aromatic rings. The van der Waals surface area contributed by atoms with Crippen molar-refractivity contribution in [3.8, 4) is 0 Å². The van der Waals surface area contributed by atoms with Gasteiger partial charge in [0.2, 0.25) is 0 Å². The minimum atomic E-state index is -1.18. The molecule has 1 amide bonds. The van der Waals surface area contributed by atoms with E-state index in [2.05, 4.69) is 0 Å². The van der Waals surface area contributed by atoms with Gasteiger partial charge < -0.3 is 24.1 Å². The summed E-state index contributed by atoms with van der Waals surface area (Å²) in [5.41, 5.74) is -1.92. The molecule has 2 atom stereocenters. The van der Waals surface area contributed by atoms with Gasteiger partial charge in [-0.2, -0.15) is 0 Å². The summed E-state index contributed by atoms with van der Waals surface area (Å²) < 4.78 is 17.2. The number of methoxy groups -OCH3 is 1. The summed E-state index contributed by atoms with van der Waals surface area (Å²) in [6.45, 7) is 8.72. The number of carbonyl (C=O) groups is 2. The highest BCUT2D eigenvalue weighted by Gasteiger charge is 2.57. The second kappa shape index (κ2) is 8.20. The predicted octanol–water partition coefficient (Wildman–Crippen LogP) is 2.33. The van der Waals surface area contributed by atoms with E-state index in [1.807, 2.05) is 46.7 Å². The van der Waals surface area contributed by atoms with Crippen LogP contribution in [0.15, 0.2) is 0 Å². The van der Waals surface area contributed by atoms with E-state index in [1.54, 1.807) is 0 Å². The van der Waals surface area contributed by atoms with E-state index in [0.717, 1.165) is 6.42 Å². The van der Waals surface area contributed by atoms with Crippen LogP contribution in [0.3, 0.4) is 0 Å². The van der Waals surface area contributed by atoms with Crippen LogP contribution in [0.1, 0.15) is 47.0 Å². The third kappa shape index (κ3) is 4.16. The quantitative estimate of drug-likeness (QED) is 0.520. The highest BCUT2D eigenvalue weighted by atomic mass is 16.7. The molecular formula is C19H35BN2O6. The minimum absolute atomic E-state index is 0.110. The van der Waals surface area contributed by atoms with Gasteiger partial charge in [-0.3, -0.25) is 4.90 Å². The molecule has 2 aliphatic rings. The maximum Gasteiger partial charge on any atom is 0.457 e. The predicted molar refractivity (Wildman–Crippen MR) is 106 cm³/mol. The number of hydrogen-bond donors (Lipinski definition) is 1. The lowest BCUT2D eigenvalue weighted by molar-refractivity contribution is -0.156. The van der Waals surface area contributed by atoms with Crippen LogP contribution in [-0.2, 0) is 18.8 Å². The molecule has 0 spiro atoms. The largest absolute Gasteiger partial charge is 0.467 e. The summed E-state index contributed by atoms with van der Waals surface area (Å²) in [6, 6.07) is 0. The van der Waals surface area contributed by atoms with Gasteiger partial charge in [0, 0.05) is 13.1 Å². The van der Waals surface area contributed by atoms with E-state index in [0.29, 0.717) is 32.3 Å². The van der Waals surface area contributed by atoms with Crippen LogP contribution in [0.25, 0.3) is 0 Å². The molecule has 8 nitrogen and oxygen atoms in total. The number of likely N-dealkylation sites (N-methyl/N-ethyl adjacent to an activating group) is 1. The van der Waals surface area contributed by atoms with Crippen LogP contribution >= 0.6 is 0 Å². The zero-order valence-electron chi connectivity index (χ0n) is 18.3. The number of nitrogens with zero attached hydrogens (tertiary/aromatic N) is 2. The van der Waals surface area contributed by atoms with Crippen molar-refractivity contribution in [3.63, 3.8) is 0 Å². The van der Waals surface area contributed by atoms with Crippen molar-refractivity contribution in [2.24, 2.45) is 5.92 Å². The van der Waals surface area contributed by atoms with Gasteiger partial charge in [0.1, 0.15) is 0 Å². The van der Waals surface area contributed by atoms with E-state index in [-0.39, 0.29) is 24.2 Å². The first kappa shape index (κ1) is 23.0. The fraction of sp³-hybridized carbons (Fsp3) is 0.895. The number of rotatable bonds is 7. The van der Waals surface area contributed by atoms with Crippen molar-refractivity contribution in [3.05, 3.63) is 0 Å². The zero-order chi connectivity index (χ0) is 21.3. The first-order valence-electron chi connectivity index (χ1n) is 9.96. The van der Waals surface area contributed by atoms with Crippen LogP contribution in [0, 0.1) is 5.92 Å². The van der Waals surface area contributed by atoms with E-state index in [4.69, 9.17) is 14.0 Å². The highest BCUT2D eigenvalue weighted by molar-refractivity contribution is 6.45. The Bertz CT molecular complexity index is 581. The molecule has 160 valence electrons. The third-order valence-corrected chi connectivity index (χ3v) is 6.48. The molecule has 2 heterocycles. The summed E-state index contributed by atoms with van der Waals surface area (Å²) >= 11 is 0. The van der Waals surface area contributed by atoms with Gasteiger partial charge in [0.15, 0.2) is 5.54 Å². The topological polar surface area (TPSA) is 88.5 Å². The normalized spacial score (nSPS) is 28.8. The Morgan fingerprint density at radius 2 is 1.79 bits per heavy atom. The Hall–Kier alpha value is -1.32. The Kier molecular flexibility index (Phi) is 6.73. The summed E-state index contributed by atoms with van der Waals surface area (Å²) in [7, 11) is 4.71. The lowest BCUT2D eigenvalue weighted by atomic mass is 9.76. The van der Waals surface area contributed by atoms with Gasteiger partial charge in [0.05, 0.1) is 18.3 Å². The Morgan fingerprint density at radius 1 is 1.21 bits per heavy atom. The summed E-state index contributed by atoms with van der Waals surface area (Å²) in [5.74, 6) is -0.595. The van der Waals surface area contributed by atoms with E-state index >= 15 is 0 Å². The molecule has 0 aromatic heterocycles. The molecule has 2 rings (SSSR count). The highest BCUT2D eigenvalue weighted by Crippen LogP contribution is 2.42. The van der Waals surface area contributed by atoms with Crippen molar-refractivity contribution in [2.75, 3.05) is 34.3 Å². The summed E-state index contributed by atoms with van der Waals surface area (Å²) in [5, 5.41) is 9.70. The van der Waals surface area contributed by atoms with Crippen molar-refractivity contribution >= 4 is 19.2 Å². The average Bonchev–Trinajstić information content (AvgIpc) is 3.01. The SMILES string of the molecule is COC(=O)C1(CN(C)C)C(CCCB2OC(C)(C)C(C)(C)O2)CCN1C(=O)O. The maximum atomic E-state index is 12.8. The minimum Gasteiger partial charge on any atom is -0.467 e. The Balaban J connectivity index is 2.10. The molecule has 1 N–H and O–H groups in total. The first-order chi connectivity index (χ1) is 12.9. The van der Waals surface area contributed by atoms with Gasteiger partial charge in [-0.15, -0.1) is 0 Å². The lowest BCUT2D eigenvalue weighted by Crippen LogP contribution is -2.61. The molecule has 2 aliphatic heterocycles. The number of esters is 1. The fourth-order valence-electron chi connectivity index (χ4n) is 4.42. The van der Waals surface area contributed by atoms with Crippen LogP contribution in [0.5, 0.6) is 0 Å². The number of likely N-dealkylation sites (tertiary alicyclic amines) is 1. The van der Waals surface area contributed by atoms with Crippen LogP contribution in [0.4, 0.5) is 4.79 Å². The van der Waals surface area contributed by atoms with Crippen molar-refractivity contribution in [1.29, 1.82) is 0 Å². The molecule has 28 heavy (non-hydrogen) atoms. The average molecular weight is 398 g/mol. The molecule has 0 aromatic carbocycles. The monoisotopic (exact) mass is 398 g/mol. The fourth-order valence-corrected chi connectivity index (χ4v) is 4.42. The standard InChI is InChI=1S/C19H35BN2O6/c1-17(2)18(3,4)28-20(27-17)11-8-9-14-10-12-22(16(24)25)19(14,13-21(5)6)15(23)26-7/h14H,8-13H2,1-7H3,(H,24,25). The third-order valence-electron chi connectivity index (χ3n) is 6.48. The molecule has 0 radical (unpaired) electrons. The molecule has 0 aliphatic carbocycles. The smallest absolute Gasteiger partial charge is 0.457 e. The van der Waals surface area contributed by atoms with Crippen LogP contribution in [-0.4, -0.2) is 85.1 Å². The molecule has 2 fully saturated rings. The number of hydrogen-bond acceptors (Lipinski definition) is 6.